The molecule has 1 heterocycles. The standard InChI is InChI=1S/C12H12ClNO3/c1-7(15)14-6-9-5-11(16)10-3-2-8(13)4-12(10)17-9/h2-4,9H,5-6H2,1H3,(H,14,15). The summed E-state index contributed by atoms with van der Waals surface area (Å²) in [5.41, 5.74) is 0.550. The Bertz CT molecular complexity index is 473. The summed E-state index contributed by atoms with van der Waals surface area (Å²) in [6.07, 6.45) is -0.0492. The van der Waals surface area contributed by atoms with Crippen molar-refractivity contribution in [1.29, 1.82) is 0 Å². The minimum Gasteiger partial charge on any atom is -0.487 e. The van der Waals surface area contributed by atoms with E-state index in [1.165, 1.54) is 6.92 Å². The third-order valence-electron chi connectivity index (χ3n) is 2.53. The average molecular weight is 254 g/mol. The number of nitrogens with one attached hydrogen (secondary N) is 1. The summed E-state index contributed by atoms with van der Waals surface area (Å²) in [6.45, 7) is 1.75. The van der Waals surface area contributed by atoms with E-state index >= 15 is 0 Å². The third kappa shape index (κ3) is 2.77. The fraction of sp³-hybridized carbons (Fsp3) is 0.333. The van der Waals surface area contributed by atoms with Gasteiger partial charge in [-0.3, -0.25) is 9.59 Å². The number of fused-ring (bicyclic) bond motifs is 1. The van der Waals surface area contributed by atoms with Crippen LogP contribution >= 0.6 is 11.6 Å². The first-order valence-corrected chi connectivity index (χ1v) is 5.68. The summed E-state index contributed by atoms with van der Waals surface area (Å²) in [5.74, 6) is 0.361. The van der Waals surface area contributed by atoms with Crippen LogP contribution in [0.15, 0.2) is 18.2 Å². The van der Waals surface area contributed by atoms with Gasteiger partial charge < -0.3 is 10.1 Å². The van der Waals surface area contributed by atoms with Crippen molar-refractivity contribution in [2.75, 3.05) is 6.54 Å². The second-order valence-electron chi connectivity index (χ2n) is 3.94. The second-order valence-corrected chi connectivity index (χ2v) is 4.38. The molecule has 0 bridgehead atoms. The molecule has 1 aromatic rings. The van der Waals surface area contributed by atoms with E-state index in [1.54, 1.807) is 18.2 Å². The molecular weight excluding hydrogens is 242 g/mol. The van der Waals surface area contributed by atoms with Gasteiger partial charge in [-0.1, -0.05) is 11.6 Å². The SMILES string of the molecule is CC(=O)NCC1CC(=O)c2ccc(Cl)cc2O1. The molecule has 1 aliphatic rings. The molecule has 1 amide bonds. The van der Waals surface area contributed by atoms with E-state index in [-0.39, 0.29) is 24.2 Å². The molecule has 1 atom stereocenters. The number of carbonyl (C=O) groups excluding carboxylic acids is 2. The molecular formula is C12H12ClNO3. The third-order valence-corrected chi connectivity index (χ3v) is 2.76. The highest BCUT2D eigenvalue weighted by Crippen LogP contribution is 2.30. The van der Waals surface area contributed by atoms with Gasteiger partial charge in [0.15, 0.2) is 5.78 Å². The van der Waals surface area contributed by atoms with Crippen molar-refractivity contribution in [2.24, 2.45) is 0 Å². The lowest BCUT2D eigenvalue weighted by Gasteiger charge is -2.25. The molecule has 0 fully saturated rings. The maximum atomic E-state index is 11.8. The molecule has 0 spiro atoms. The van der Waals surface area contributed by atoms with Crippen LogP contribution in [0.3, 0.4) is 0 Å². The van der Waals surface area contributed by atoms with Crippen LogP contribution in [0.4, 0.5) is 0 Å². The molecule has 1 N–H and O–H groups in total. The van der Waals surface area contributed by atoms with Crippen LogP contribution < -0.4 is 10.1 Å². The number of amides is 1. The number of halogens is 1. The molecule has 0 radical (unpaired) electrons. The van der Waals surface area contributed by atoms with Gasteiger partial charge in [-0.25, -0.2) is 0 Å². The van der Waals surface area contributed by atoms with Crippen LogP contribution in [0.1, 0.15) is 23.7 Å². The maximum absolute atomic E-state index is 11.8. The molecule has 5 heteroatoms. The van der Waals surface area contributed by atoms with Crippen molar-refractivity contribution < 1.29 is 14.3 Å². The van der Waals surface area contributed by atoms with Gasteiger partial charge >= 0.3 is 0 Å². The lowest BCUT2D eigenvalue weighted by atomic mass is 10.0. The van der Waals surface area contributed by atoms with Crippen molar-refractivity contribution in [3.8, 4) is 5.75 Å². The lowest BCUT2D eigenvalue weighted by Crippen LogP contribution is -2.38. The Kier molecular flexibility index (Phi) is 3.33. The normalized spacial score (nSPS) is 18.2. The molecule has 1 aliphatic heterocycles. The van der Waals surface area contributed by atoms with Crippen LogP contribution in [-0.2, 0) is 4.79 Å². The topological polar surface area (TPSA) is 55.4 Å². The van der Waals surface area contributed by atoms with Gasteiger partial charge in [0.25, 0.3) is 0 Å². The van der Waals surface area contributed by atoms with Crippen LogP contribution in [-0.4, -0.2) is 24.3 Å². The maximum Gasteiger partial charge on any atom is 0.217 e. The van der Waals surface area contributed by atoms with E-state index in [0.717, 1.165) is 0 Å². The molecule has 1 unspecified atom stereocenters. The zero-order valence-corrected chi connectivity index (χ0v) is 10.1. The van der Waals surface area contributed by atoms with E-state index < -0.39 is 0 Å². The number of hydrogen-bond acceptors (Lipinski definition) is 3. The van der Waals surface area contributed by atoms with Gasteiger partial charge in [0.1, 0.15) is 11.9 Å². The van der Waals surface area contributed by atoms with E-state index in [1.807, 2.05) is 0 Å². The van der Waals surface area contributed by atoms with Crippen LogP contribution in [0.2, 0.25) is 5.02 Å². The molecule has 0 saturated carbocycles. The highest BCUT2D eigenvalue weighted by molar-refractivity contribution is 6.30. The Morgan fingerprint density at radius 2 is 2.35 bits per heavy atom. The Labute approximate surface area is 104 Å². The largest absolute Gasteiger partial charge is 0.487 e. The minimum atomic E-state index is -0.322. The summed E-state index contributed by atoms with van der Waals surface area (Å²) in [4.78, 5) is 22.6. The van der Waals surface area contributed by atoms with Gasteiger partial charge in [-0.2, -0.15) is 0 Å². The van der Waals surface area contributed by atoms with E-state index in [2.05, 4.69) is 5.32 Å². The number of ether oxygens (including phenoxy) is 1. The number of carbonyl (C=O) groups is 2. The van der Waals surface area contributed by atoms with Gasteiger partial charge in [0, 0.05) is 18.4 Å². The number of ketones is 1. The molecule has 1 aromatic carbocycles. The Morgan fingerprint density at radius 1 is 1.59 bits per heavy atom. The van der Waals surface area contributed by atoms with Gasteiger partial charge in [-0.05, 0) is 18.2 Å². The monoisotopic (exact) mass is 253 g/mol. The van der Waals surface area contributed by atoms with E-state index in [0.29, 0.717) is 22.9 Å². The average Bonchev–Trinajstić information content (AvgIpc) is 2.25. The van der Waals surface area contributed by atoms with Crippen LogP contribution in [0.25, 0.3) is 0 Å². The lowest BCUT2D eigenvalue weighted by molar-refractivity contribution is -0.119. The zero-order valence-electron chi connectivity index (χ0n) is 9.33. The summed E-state index contributed by atoms with van der Waals surface area (Å²) in [6, 6.07) is 4.94. The fourth-order valence-electron chi connectivity index (χ4n) is 1.73. The smallest absolute Gasteiger partial charge is 0.217 e. The van der Waals surface area contributed by atoms with Crippen molar-refractivity contribution in [3.63, 3.8) is 0 Å². The molecule has 4 nitrogen and oxygen atoms in total. The quantitative estimate of drug-likeness (QED) is 0.875. The molecule has 17 heavy (non-hydrogen) atoms. The molecule has 2 rings (SSSR count). The fourth-order valence-corrected chi connectivity index (χ4v) is 1.90. The van der Waals surface area contributed by atoms with Crippen LogP contribution in [0.5, 0.6) is 5.75 Å². The predicted molar refractivity (Wildman–Crippen MR) is 63.5 cm³/mol. The summed E-state index contributed by atoms with van der Waals surface area (Å²) in [7, 11) is 0. The molecule has 0 aliphatic carbocycles. The highest BCUT2D eigenvalue weighted by atomic mass is 35.5. The van der Waals surface area contributed by atoms with Crippen molar-refractivity contribution in [1.82, 2.24) is 5.32 Å². The Balaban J connectivity index is 2.14. The minimum absolute atomic E-state index is 0.0123. The number of Topliss-reactive ketones (excluding diaryl/α,β-unsaturated/α-hetero) is 1. The highest BCUT2D eigenvalue weighted by Gasteiger charge is 2.26. The number of benzene rings is 1. The number of rotatable bonds is 2. The van der Waals surface area contributed by atoms with Crippen molar-refractivity contribution in [2.45, 2.75) is 19.4 Å². The summed E-state index contributed by atoms with van der Waals surface area (Å²) >= 11 is 5.84. The predicted octanol–water partition coefficient (Wildman–Crippen LogP) is 1.81. The first kappa shape index (κ1) is 11.9. The first-order valence-electron chi connectivity index (χ1n) is 5.30. The summed E-state index contributed by atoms with van der Waals surface area (Å²) < 4.78 is 5.61. The van der Waals surface area contributed by atoms with Crippen LogP contribution in [0, 0.1) is 0 Å². The van der Waals surface area contributed by atoms with Crippen molar-refractivity contribution in [3.05, 3.63) is 28.8 Å². The van der Waals surface area contributed by atoms with Crippen molar-refractivity contribution >= 4 is 23.3 Å². The first-order chi connectivity index (χ1) is 8.06. The Hall–Kier alpha value is -1.55. The number of hydrogen-bond donors (Lipinski definition) is 1. The molecule has 90 valence electrons. The zero-order chi connectivity index (χ0) is 12.4. The van der Waals surface area contributed by atoms with E-state index in [9.17, 15) is 9.59 Å². The second kappa shape index (κ2) is 4.75. The Morgan fingerprint density at radius 3 is 3.06 bits per heavy atom. The molecule has 0 aromatic heterocycles. The molecule has 0 saturated heterocycles. The summed E-state index contributed by atoms with van der Waals surface area (Å²) in [5, 5.41) is 3.16. The van der Waals surface area contributed by atoms with E-state index in [4.69, 9.17) is 16.3 Å². The van der Waals surface area contributed by atoms with Gasteiger partial charge in [-0.15, -0.1) is 0 Å². The van der Waals surface area contributed by atoms with Gasteiger partial charge in [0.05, 0.1) is 12.1 Å². The van der Waals surface area contributed by atoms with Gasteiger partial charge in [0.2, 0.25) is 5.91 Å².